The fourth-order valence-electron chi connectivity index (χ4n) is 2.85. The molecule has 1 saturated heterocycles. The van der Waals surface area contributed by atoms with E-state index in [0.29, 0.717) is 17.0 Å². The molecule has 0 radical (unpaired) electrons. The van der Waals surface area contributed by atoms with Crippen molar-refractivity contribution < 1.29 is 4.39 Å². The third kappa shape index (κ3) is 4.44. The highest BCUT2D eigenvalue weighted by Gasteiger charge is 2.22. The fourth-order valence-corrected chi connectivity index (χ4v) is 3.08. The quantitative estimate of drug-likeness (QED) is 0.892. The van der Waals surface area contributed by atoms with E-state index in [-0.39, 0.29) is 5.82 Å². The molecule has 0 spiro atoms. The van der Waals surface area contributed by atoms with Crippen LogP contribution in [0.4, 0.5) is 4.39 Å². The Morgan fingerprint density at radius 1 is 1.35 bits per heavy atom. The molecule has 112 valence electrons. The van der Waals surface area contributed by atoms with Gasteiger partial charge < -0.3 is 5.32 Å². The average Bonchev–Trinajstić information content (AvgIpc) is 2.41. The van der Waals surface area contributed by atoms with E-state index in [2.05, 4.69) is 24.1 Å². The van der Waals surface area contributed by atoms with Crippen molar-refractivity contribution in [3.63, 3.8) is 0 Å². The molecular formula is C16H24ClFN2. The van der Waals surface area contributed by atoms with Crippen molar-refractivity contribution in [2.75, 3.05) is 19.6 Å². The first-order chi connectivity index (χ1) is 9.56. The van der Waals surface area contributed by atoms with Crippen LogP contribution in [0.5, 0.6) is 0 Å². The average molecular weight is 299 g/mol. The largest absolute Gasteiger partial charge is 0.317 e. The van der Waals surface area contributed by atoms with Gasteiger partial charge in [-0.25, -0.2) is 4.39 Å². The van der Waals surface area contributed by atoms with Gasteiger partial charge >= 0.3 is 0 Å². The van der Waals surface area contributed by atoms with Crippen LogP contribution in [0.1, 0.15) is 32.3 Å². The van der Waals surface area contributed by atoms with E-state index in [0.717, 1.165) is 31.7 Å². The van der Waals surface area contributed by atoms with E-state index in [1.807, 2.05) is 6.07 Å². The summed E-state index contributed by atoms with van der Waals surface area (Å²) in [5, 5.41) is 3.94. The van der Waals surface area contributed by atoms with Gasteiger partial charge in [0.25, 0.3) is 0 Å². The maximum absolute atomic E-state index is 13.1. The van der Waals surface area contributed by atoms with Crippen LogP contribution in [-0.4, -0.2) is 30.6 Å². The molecule has 1 heterocycles. The molecule has 0 aromatic heterocycles. The first-order valence-corrected chi connectivity index (χ1v) is 7.82. The lowest BCUT2D eigenvalue weighted by molar-refractivity contribution is 0.137. The third-order valence-corrected chi connectivity index (χ3v) is 4.17. The zero-order chi connectivity index (χ0) is 14.5. The van der Waals surface area contributed by atoms with E-state index in [1.54, 1.807) is 0 Å². The van der Waals surface area contributed by atoms with Crippen LogP contribution in [0.2, 0.25) is 5.02 Å². The Balaban J connectivity index is 2.09. The van der Waals surface area contributed by atoms with Gasteiger partial charge in [-0.15, -0.1) is 0 Å². The summed E-state index contributed by atoms with van der Waals surface area (Å²) in [6.07, 6.45) is 2.34. The van der Waals surface area contributed by atoms with Gasteiger partial charge in [0.2, 0.25) is 0 Å². The number of benzene rings is 1. The number of halogens is 2. The van der Waals surface area contributed by atoms with Gasteiger partial charge in [0, 0.05) is 24.2 Å². The lowest BCUT2D eigenvalue weighted by Crippen LogP contribution is -2.44. The topological polar surface area (TPSA) is 15.3 Å². The molecule has 20 heavy (non-hydrogen) atoms. The van der Waals surface area contributed by atoms with Gasteiger partial charge in [-0.3, -0.25) is 4.90 Å². The zero-order valence-electron chi connectivity index (χ0n) is 12.3. The maximum Gasteiger partial charge on any atom is 0.124 e. The van der Waals surface area contributed by atoms with Crippen molar-refractivity contribution in [3.05, 3.63) is 34.6 Å². The van der Waals surface area contributed by atoms with Crippen LogP contribution in [0.3, 0.4) is 0 Å². The van der Waals surface area contributed by atoms with Crippen molar-refractivity contribution in [2.45, 2.75) is 39.3 Å². The Labute approximate surface area is 126 Å². The van der Waals surface area contributed by atoms with Crippen LogP contribution in [0.15, 0.2) is 18.2 Å². The number of hydrogen-bond donors (Lipinski definition) is 1. The summed E-state index contributed by atoms with van der Waals surface area (Å²) in [4.78, 5) is 2.50. The number of hydrogen-bond acceptors (Lipinski definition) is 2. The Morgan fingerprint density at radius 3 is 2.65 bits per heavy atom. The summed E-state index contributed by atoms with van der Waals surface area (Å²) in [5.74, 6) is 0.347. The molecule has 2 rings (SSSR count). The minimum Gasteiger partial charge on any atom is -0.317 e. The van der Waals surface area contributed by atoms with Crippen molar-refractivity contribution >= 4 is 11.6 Å². The summed E-state index contributed by atoms with van der Waals surface area (Å²) in [6.45, 7) is 8.49. The third-order valence-electron chi connectivity index (χ3n) is 3.81. The standard InChI is InChI=1S/C16H24ClFN2/c1-12(2)10-20(15-5-7-19-8-6-15)11-13-3-4-14(18)9-16(13)17/h3-4,9,12,15,19H,5-8,10-11H2,1-2H3. The molecule has 0 amide bonds. The molecule has 0 atom stereocenters. The molecule has 1 aromatic rings. The normalized spacial score (nSPS) is 17.1. The molecule has 1 N–H and O–H groups in total. The molecule has 0 saturated carbocycles. The van der Waals surface area contributed by atoms with E-state index in [9.17, 15) is 4.39 Å². The van der Waals surface area contributed by atoms with Crippen LogP contribution >= 0.6 is 11.6 Å². The van der Waals surface area contributed by atoms with E-state index < -0.39 is 0 Å². The maximum atomic E-state index is 13.1. The Morgan fingerprint density at radius 2 is 2.05 bits per heavy atom. The molecule has 1 aliphatic rings. The number of piperidine rings is 1. The second kappa shape index (κ2) is 7.39. The Hall–Kier alpha value is -0.640. The minimum atomic E-state index is -0.268. The number of nitrogens with one attached hydrogen (secondary N) is 1. The molecule has 1 aliphatic heterocycles. The van der Waals surface area contributed by atoms with E-state index >= 15 is 0 Å². The SMILES string of the molecule is CC(C)CN(Cc1ccc(F)cc1Cl)C1CCNCC1. The molecular weight excluding hydrogens is 275 g/mol. The van der Waals surface area contributed by atoms with E-state index in [1.165, 1.54) is 25.0 Å². The van der Waals surface area contributed by atoms with Crippen molar-refractivity contribution in [1.29, 1.82) is 0 Å². The van der Waals surface area contributed by atoms with Gasteiger partial charge in [0.1, 0.15) is 5.82 Å². The first kappa shape index (κ1) is 15.7. The highest BCUT2D eigenvalue weighted by atomic mass is 35.5. The molecule has 0 unspecified atom stereocenters. The Kier molecular flexibility index (Phi) is 5.82. The molecule has 0 bridgehead atoms. The van der Waals surface area contributed by atoms with Crippen LogP contribution in [0.25, 0.3) is 0 Å². The van der Waals surface area contributed by atoms with Crippen LogP contribution in [0, 0.1) is 11.7 Å². The van der Waals surface area contributed by atoms with Crippen LogP contribution < -0.4 is 5.32 Å². The molecule has 1 aromatic carbocycles. The molecule has 4 heteroatoms. The zero-order valence-corrected chi connectivity index (χ0v) is 13.1. The summed E-state index contributed by atoms with van der Waals surface area (Å²) in [5.41, 5.74) is 1.02. The highest BCUT2D eigenvalue weighted by molar-refractivity contribution is 6.31. The fraction of sp³-hybridized carbons (Fsp3) is 0.625. The van der Waals surface area contributed by atoms with Gasteiger partial charge in [-0.1, -0.05) is 31.5 Å². The van der Waals surface area contributed by atoms with Crippen LogP contribution in [-0.2, 0) is 6.54 Å². The van der Waals surface area contributed by atoms with Crippen molar-refractivity contribution in [2.24, 2.45) is 5.92 Å². The second-order valence-corrected chi connectivity index (χ2v) is 6.45. The van der Waals surface area contributed by atoms with Gasteiger partial charge in [-0.05, 0) is 49.5 Å². The predicted octanol–water partition coefficient (Wildman–Crippen LogP) is 3.69. The lowest BCUT2D eigenvalue weighted by atomic mass is 10.0. The first-order valence-electron chi connectivity index (χ1n) is 7.45. The highest BCUT2D eigenvalue weighted by Crippen LogP contribution is 2.23. The van der Waals surface area contributed by atoms with Gasteiger partial charge in [-0.2, -0.15) is 0 Å². The molecule has 1 fully saturated rings. The summed E-state index contributed by atoms with van der Waals surface area (Å²) >= 11 is 6.17. The summed E-state index contributed by atoms with van der Waals surface area (Å²) in [7, 11) is 0. The van der Waals surface area contributed by atoms with Gasteiger partial charge in [0.05, 0.1) is 0 Å². The minimum absolute atomic E-state index is 0.268. The summed E-state index contributed by atoms with van der Waals surface area (Å²) < 4.78 is 13.1. The molecule has 0 aliphatic carbocycles. The monoisotopic (exact) mass is 298 g/mol. The predicted molar refractivity (Wildman–Crippen MR) is 82.5 cm³/mol. The smallest absolute Gasteiger partial charge is 0.124 e. The summed E-state index contributed by atoms with van der Waals surface area (Å²) in [6, 6.07) is 5.32. The van der Waals surface area contributed by atoms with Crippen molar-refractivity contribution in [1.82, 2.24) is 10.2 Å². The van der Waals surface area contributed by atoms with E-state index in [4.69, 9.17) is 11.6 Å². The second-order valence-electron chi connectivity index (χ2n) is 6.04. The van der Waals surface area contributed by atoms with Crippen molar-refractivity contribution in [3.8, 4) is 0 Å². The number of nitrogens with zero attached hydrogens (tertiary/aromatic N) is 1. The van der Waals surface area contributed by atoms with Gasteiger partial charge in [0.15, 0.2) is 0 Å². The Bertz CT molecular complexity index is 430. The molecule has 2 nitrogen and oxygen atoms in total. The number of rotatable bonds is 5. The lowest BCUT2D eigenvalue weighted by Gasteiger charge is -2.36.